The average molecular weight is 253 g/mol. The zero-order valence-electron chi connectivity index (χ0n) is 8.60. The Kier molecular flexibility index (Phi) is 3.60. The summed E-state index contributed by atoms with van der Waals surface area (Å²) in [5.74, 6) is 6.66. The van der Waals surface area contributed by atoms with Crippen LogP contribution >= 0.6 is 23.1 Å². The van der Waals surface area contributed by atoms with Crippen molar-refractivity contribution in [3.63, 3.8) is 0 Å². The first-order valence-electron chi connectivity index (χ1n) is 4.50. The molecule has 0 saturated heterocycles. The van der Waals surface area contributed by atoms with Gasteiger partial charge in [0.25, 0.3) is 0 Å². The van der Waals surface area contributed by atoms with Crippen molar-refractivity contribution in [2.24, 2.45) is 5.84 Å². The predicted octanol–water partition coefficient (Wildman–Crippen LogP) is 2.29. The van der Waals surface area contributed by atoms with Crippen LogP contribution in [0.25, 0.3) is 0 Å². The standard InChI is InChI=1S/C9H11N5S2/c1-15-9-12-7(4-8(13-9)14-10)11-6-2-3-16-5-6/h2-5H,10H2,1H3,(H2,11,12,13,14). The molecule has 2 heterocycles. The number of anilines is 3. The normalized spacial score (nSPS) is 10.1. The van der Waals surface area contributed by atoms with Crippen molar-refractivity contribution >= 4 is 40.4 Å². The highest BCUT2D eigenvalue weighted by atomic mass is 32.2. The van der Waals surface area contributed by atoms with E-state index < -0.39 is 0 Å². The van der Waals surface area contributed by atoms with E-state index in [4.69, 9.17) is 5.84 Å². The molecule has 0 radical (unpaired) electrons. The van der Waals surface area contributed by atoms with Gasteiger partial charge in [-0.25, -0.2) is 15.8 Å². The highest BCUT2D eigenvalue weighted by Crippen LogP contribution is 2.21. The maximum atomic E-state index is 5.34. The van der Waals surface area contributed by atoms with E-state index in [2.05, 4.69) is 20.7 Å². The lowest BCUT2D eigenvalue weighted by atomic mass is 10.4. The third-order valence-electron chi connectivity index (χ3n) is 1.83. The number of aromatic nitrogens is 2. The maximum absolute atomic E-state index is 5.34. The van der Waals surface area contributed by atoms with Crippen LogP contribution in [0.3, 0.4) is 0 Å². The summed E-state index contributed by atoms with van der Waals surface area (Å²) in [6, 6.07) is 3.75. The summed E-state index contributed by atoms with van der Waals surface area (Å²) in [5, 5.41) is 7.87. The van der Waals surface area contributed by atoms with Crippen LogP contribution in [0, 0.1) is 0 Å². The van der Waals surface area contributed by atoms with Crippen LogP contribution in [0.15, 0.2) is 28.0 Å². The molecule has 7 heteroatoms. The highest BCUT2D eigenvalue weighted by Gasteiger charge is 2.03. The van der Waals surface area contributed by atoms with Crippen molar-refractivity contribution in [2.45, 2.75) is 5.16 Å². The Bertz CT molecular complexity index is 435. The van der Waals surface area contributed by atoms with E-state index in [1.54, 1.807) is 17.4 Å². The summed E-state index contributed by atoms with van der Waals surface area (Å²) >= 11 is 3.10. The van der Waals surface area contributed by atoms with Crippen LogP contribution in [-0.2, 0) is 0 Å². The molecule has 0 spiro atoms. The number of thiophene rings is 1. The van der Waals surface area contributed by atoms with Crippen LogP contribution in [0.2, 0.25) is 0 Å². The minimum atomic E-state index is 0.595. The van der Waals surface area contributed by atoms with E-state index in [-0.39, 0.29) is 0 Å². The van der Waals surface area contributed by atoms with Gasteiger partial charge in [0, 0.05) is 11.4 Å². The maximum Gasteiger partial charge on any atom is 0.191 e. The molecule has 0 unspecified atom stereocenters. The fourth-order valence-corrected chi connectivity index (χ4v) is 2.10. The van der Waals surface area contributed by atoms with Gasteiger partial charge in [0.1, 0.15) is 11.6 Å². The third kappa shape index (κ3) is 2.63. The van der Waals surface area contributed by atoms with E-state index in [1.807, 2.05) is 23.1 Å². The molecule has 0 saturated carbocycles. The van der Waals surface area contributed by atoms with Crippen molar-refractivity contribution in [1.82, 2.24) is 9.97 Å². The predicted molar refractivity (Wildman–Crippen MR) is 69.2 cm³/mol. The number of nitrogens with zero attached hydrogens (tertiary/aromatic N) is 2. The lowest BCUT2D eigenvalue weighted by Crippen LogP contribution is -2.10. The van der Waals surface area contributed by atoms with E-state index >= 15 is 0 Å². The Balaban J connectivity index is 2.26. The van der Waals surface area contributed by atoms with Gasteiger partial charge in [0.2, 0.25) is 0 Å². The summed E-state index contributed by atoms with van der Waals surface area (Å²) in [7, 11) is 0. The fourth-order valence-electron chi connectivity index (χ4n) is 1.14. The molecule has 0 aliphatic carbocycles. The number of hydrogen-bond acceptors (Lipinski definition) is 7. The number of rotatable bonds is 4. The molecule has 0 aliphatic rings. The largest absolute Gasteiger partial charge is 0.339 e. The molecule has 0 atom stereocenters. The molecule has 84 valence electrons. The van der Waals surface area contributed by atoms with Gasteiger partial charge < -0.3 is 10.7 Å². The average Bonchev–Trinajstić information content (AvgIpc) is 2.81. The van der Waals surface area contributed by atoms with Crippen LogP contribution in [0.1, 0.15) is 0 Å². The first kappa shape index (κ1) is 11.2. The molecule has 2 aromatic heterocycles. The van der Waals surface area contributed by atoms with Crippen molar-refractivity contribution in [3.05, 3.63) is 22.9 Å². The van der Waals surface area contributed by atoms with Gasteiger partial charge in [-0.1, -0.05) is 11.8 Å². The summed E-state index contributed by atoms with van der Waals surface area (Å²) in [6.07, 6.45) is 1.92. The molecular weight excluding hydrogens is 242 g/mol. The van der Waals surface area contributed by atoms with Crippen LogP contribution in [0.4, 0.5) is 17.3 Å². The van der Waals surface area contributed by atoms with E-state index in [1.165, 1.54) is 11.8 Å². The monoisotopic (exact) mass is 253 g/mol. The molecule has 0 aromatic carbocycles. The zero-order valence-corrected chi connectivity index (χ0v) is 10.2. The number of nitrogens with one attached hydrogen (secondary N) is 2. The molecule has 16 heavy (non-hydrogen) atoms. The topological polar surface area (TPSA) is 75.9 Å². The number of nitrogen functional groups attached to an aromatic ring is 1. The minimum Gasteiger partial charge on any atom is -0.339 e. The Morgan fingerprint density at radius 1 is 1.38 bits per heavy atom. The third-order valence-corrected chi connectivity index (χ3v) is 3.06. The van der Waals surface area contributed by atoms with E-state index in [0.717, 1.165) is 11.5 Å². The summed E-state index contributed by atoms with van der Waals surface area (Å²) < 4.78 is 0. The van der Waals surface area contributed by atoms with Gasteiger partial charge in [-0.2, -0.15) is 11.3 Å². The number of thioether (sulfide) groups is 1. The van der Waals surface area contributed by atoms with Crippen molar-refractivity contribution in [3.8, 4) is 0 Å². The second kappa shape index (κ2) is 5.15. The lowest BCUT2D eigenvalue weighted by Gasteiger charge is -2.07. The Hall–Kier alpha value is -1.31. The summed E-state index contributed by atoms with van der Waals surface area (Å²) in [6.45, 7) is 0. The molecule has 5 nitrogen and oxygen atoms in total. The fraction of sp³-hybridized carbons (Fsp3) is 0.111. The van der Waals surface area contributed by atoms with Crippen LogP contribution < -0.4 is 16.6 Å². The zero-order chi connectivity index (χ0) is 11.4. The number of nitrogens with two attached hydrogens (primary N) is 1. The minimum absolute atomic E-state index is 0.595. The second-order valence-electron chi connectivity index (χ2n) is 2.91. The Labute approximate surface area is 101 Å². The van der Waals surface area contributed by atoms with Gasteiger partial charge in [0.05, 0.1) is 5.69 Å². The molecule has 0 bridgehead atoms. The van der Waals surface area contributed by atoms with Gasteiger partial charge in [-0.3, -0.25) is 0 Å². The molecule has 0 amide bonds. The number of hydrogen-bond donors (Lipinski definition) is 3. The number of hydrazine groups is 1. The van der Waals surface area contributed by atoms with Crippen molar-refractivity contribution < 1.29 is 0 Å². The SMILES string of the molecule is CSc1nc(NN)cc(Nc2ccsc2)n1. The summed E-state index contributed by atoms with van der Waals surface area (Å²) in [4.78, 5) is 8.50. The van der Waals surface area contributed by atoms with E-state index in [9.17, 15) is 0 Å². The molecule has 4 N–H and O–H groups in total. The van der Waals surface area contributed by atoms with Crippen LogP contribution in [-0.4, -0.2) is 16.2 Å². The Morgan fingerprint density at radius 3 is 2.81 bits per heavy atom. The second-order valence-corrected chi connectivity index (χ2v) is 4.46. The van der Waals surface area contributed by atoms with Gasteiger partial charge in [0.15, 0.2) is 5.16 Å². The molecule has 2 rings (SSSR count). The molecule has 0 fully saturated rings. The van der Waals surface area contributed by atoms with Crippen molar-refractivity contribution in [1.29, 1.82) is 0 Å². The first-order chi connectivity index (χ1) is 7.81. The van der Waals surface area contributed by atoms with Gasteiger partial charge in [-0.15, -0.1) is 0 Å². The smallest absolute Gasteiger partial charge is 0.191 e. The molecule has 0 aliphatic heterocycles. The van der Waals surface area contributed by atoms with E-state index in [0.29, 0.717) is 11.0 Å². The first-order valence-corrected chi connectivity index (χ1v) is 6.67. The quantitative estimate of drug-likeness (QED) is 0.336. The molecular formula is C9H11N5S2. The highest BCUT2D eigenvalue weighted by molar-refractivity contribution is 7.98. The Morgan fingerprint density at radius 2 is 2.19 bits per heavy atom. The summed E-state index contributed by atoms with van der Waals surface area (Å²) in [5.41, 5.74) is 3.53. The van der Waals surface area contributed by atoms with Gasteiger partial charge in [-0.05, 0) is 17.7 Å². The molecule has 2 aromatic rings. The van der Waals surface area contributed by atoms with Gasteiger partial charge >= 0.3 is 0 Å². The lowest BCUT2D eigenvalue weighted by molar-refractivity contribution is 0.971. The van der Waals surface area contributed by atoms with Crippen molar-refractivity contribution in [2.75, 3.05) is 17.0 Å². The van der Waals surface area contributed by atoms with Crippen LogP contribution in [0.5, 0.6) is 0 Å².